The maximum absolute atomic E-state index is 6.09. The van der Waals surface area contributed by atoms with Gasteiger partial charge in [0, 0.05) is 16.7 Å². The van der Waals surface area contributed by atoms with E-state index in [1.54, 1.807) is 0 Å². The third-order valence-corrected chi connectivity index (χ3v) is 5.60. The van der Waals surface area contributed by atoms with Gasteiger partial charge in [-0.05, 0) is 71.1 Å². The van der Waals surface area contributed by atoms with Crippen molar-refractivity contribution in [1.29, 1.82) is 0 Å². The summed E-state index contributed by atoms with van der Waals surface area (Å²) in [5.74, 6) is 2.90. The molecule has 3 heteroatoms. The molecule has 0 heterocycles. The summed E-state index contributed by atoms with van der Waals surface area (Å²) in [4.78, 5) is 0. The highest BCUT2D eigenvalue weighted by atomic mass is 79.9. The molecule has 3 rings (SSSR count). The van der Waals surface area contributed by atoms with Crippen molar-refractivity contribution in [3.8, 4) is 0 Å². The summed E-state index contributed by atoms with van der Waals surface area (Å²) in [5.41, 5.74) is 1.14. The summed E-state index contributed by atoms with van der Waals surface area (Å²) < 4.78 is 0.963. The fraction of sp³-hybridized carbons (Fsp3) is 0.571. The van der Waals surface area contributed by atoms with Crippen LogP contribution in [-0.4, -0.2) is 6.54 Å². The van der Waals surface area contributed by atoms with Gasteiger partial charge in [-0.1, -0.05) is 18.0 Å². The Morgan fingerprint density at radius 3 is 2.82 bits per heavy atom. The Morgan fingerprint density at radius 1 is 1.29 bits per heavy atom. The van der Waals surface area contributed by atoms with Gasteiger partial charge in [0.25, 0.3) is 0 Å². The van der Waals surface area contributed by atoms with Gasteiger partial charge in [-0.15, -0.1) is 0 Å². The van der Waals surface area contributed by atoms with Crippen LogP contribution in [0.5, 0.6) is 0 Å². The van der Waals surface area contributed by atoms with E-state index < -0.39 is 0 Å². The average molecular weight is 315 g/mol. The molecule has 0 saturated heterocycles. The molecule has 1 aromatic rings. The molecule has 0 spiro atoms. The molecule has 92 valence electrons. The number of halogens is 2. The molecular weight excluding hydrogens is 298 g/mol. The molecule has 0 amide bonds. The molecular formula is C14H17BrClN. The molecule has 0 aliphatic heterocycles. The lowest BCUT2D eigenvalue weighted by atomic mass is 9.89. The van der Waals surface area contributed by atoms with Crippen molar-refractivity contribution in [1.82, 2.24) is 0 Å². The Hall–Kier alpha value is -0.210. The molecule has 2 bridgehead atoms. The first-order valence-electron chi connectivity index (χ1n) is 6.41. The summed E-state index contributed by atoms with van der Waals surface area (Å²) in [6, 6.07) is 6.09. The van der Waals surface area contributed by atoms with E-state index in [0.717, 1.165) is 39.5 Å². The van der Waals surface area contributed by atoms with Crippen molar-refractivity contribution < 1.29 is 0 Å². The third-order valence-electron chi connectivity index (χ3n) is 4.37. The Kier molecular flexibility index (Phi) is 3.36. The number of nitrogens with one attached hydrogen (secondary N) is 1. The van der Waals surface area contributed by atoms with E-state index in [0.29, 0.717) is 0 Å². The zero-order valence-corrected chi connectivity index (χ0v) is 12.1. The molecule has 3 unspecified atom stereocenters. The molecule has 2 saturated carbocycles. The minimum Gasteiger partial charge on any atom is -0.385 e. The predicted octanol–water partition coefficient (Wildman–Crippen LogP) is 4.95. The van der Waals surface area contributed by atoms with Crippen LogP contribution >= 0.6 is 27.5 Å². The Labute approximate surface area is 116 Å². The largest absolute Gasteiger partial charge is 0.385 e. The molecule has 0 radical (unpaired) electrons. The van der Waals surface area contributed by atoms with Gasteiger partial charge in [0.05, 0.1) is 5.02 Å². The average Bonchev–Trinajstić information content (AvgIpc) is 2.92. The minimum absolute atomic E-state index is 0.781. The molecule has 1 N–H and O–H groups in total. The van der Waals surface area contributed by atoms with E-state index in [1.165, 1.54) is 25.7 Å². The lowest BCUT2D eigenvalue weighted by Gasteiger charge is -2.22. The van der Waals surface area contributed by atoms with E-state index in [2.05, 4.69) is 27.3 Å². The van der Waals surface area contributed by atoms with Crippen LogP contribution in [0.1, 0.15) is 25.7 Å². The van der Waals surface area contributed by atoms with Crippen molar-refractivity contribution in [3.05, 3.63) is 27.7 Å². The fourth-order valence-electron chi connectivity index (χ4n) is 3.48. The summed E-state index contributed by atoms with van der Waals surface area (Å²) in [5, 5.41) is 4.31. The van der Waals surface area contributed by atoms with Gasteiger partial charge in [0.2, 0.25) is 0 Å². The lowest BCUT2D eigenvalue weighted by molar-refractivity contribution is 0.348. The standard InChI is InChI=1S/C14H17BrClN/c15-13-4-3-12(7-14(13)16)17-8-11-6-9-1-2-10(11)5-9/h3-4,7,9-11,17H,1-2,5-6,8H2. The topological polar surface area (TPSA) is 12.0 Å². The quantitative estimate of drug-likeness (QED) is 0.832. The Morgan fingerprint density at radius 2 is 2.18 bits per heavy atom. The normalized spacial score (nSPS) is 30.8. The van der Waals surface area contributed by atoms with Crippen molar-refractivity contribution in [2.45, 2.75) is 25.7 Å². The molecule has 3 atom stereocenters. The van der Waals surface area contributed by atoms with E-state index in [9.17, 15) is 0 Å². The first-order chi connectivity index (χ1) is 8.22. The van der Waals surface area contributed by atoms with Gasteiger partial charge < -0.3 is 5.32 Å². The van der Waals surface area contributed by atoms with Crippen LogP contribution in [0.4, 0.5) is 5.69 Å². The molecule has 0 aromatic heterocycles. The first-order valence-corrected chi connectivity index (χ1v) is 7.58. The smallest absolute Gasteiger partial charge is 0.0568 e. The molecule has 1 nitrogen and oxygen atoms in total. The number of hydrogen-bond donors (Lipinski definition) is 1. The second-order valence-electron chi connectivity index (χ2n) is 5.44. The summed E-state index contributed by atoms with van der Waals surface area (Å²) in [6.45, 7) is 1.11. The first kappa shape index (κ1) is 11.9. The van der Waals surface area contributed by atoms with E-state index in [4.69, 9.17) is 11.6 Å². The van der Waals surface area contributed by atoms with Gasteiger partial charge in [0.15, 0.2) is 0 Å². The highest BCUT2D eigenvalue weighted by molar-refractivity contribution is 9.10. The van der Waals surface area contributed by atoms with Crippen molar-refractivity contribution in [2.24, 2.45) is 17.8 Å². The van der Waals surface area contributed by atoms with Crippen LogP contribution in [0.3, 0.4) is 0 Å². The summed E-state index contributed by atoms with van der Waals surface area (Å²) in [7, 11) is 0. The zero-order valence-electron chi connectivity index (χ0n) is 9.76. The summed E-state index contributed by atoms with van der Waals surface area (Å²) in [6.07, 6.45) is 5.85. The maximum atomic E-state index is 6.09. The van der Waals surface area contributed by atoms with Gasteiger partial charge in [-0.2, -0.15) is 0 Å². The Balaban J connectivity index is 1.59. The SMILES string of the molecule is Clc1cc(NCC2CC3CCC2C3)ccc1Br. The van der Waals surface area contributed by atoms with Crippen molar-refractivity contribution in [3.63, 3.8) is 0 Å². The molecule has 2 aliphatic rings. The monoisotopic (exact) mass is 313 g/mol. The molecule has 1 aromatic carbocycles. The number of hydrogen-bond acceptors (Lipinski definition) is 1. The molecule has 2 fully saturated rings. The van der Waals surface area contributed by atoms with Crippen LogP contribution in [0.15, 0.2) is 22.7 Å². The van der Waals surface area contributed by atoms with Crippen molar-refractivity contribution >= 4 is 33.2 Å². The number of anilines is 1. The predicted molar refractivity (Wildman–Crippen MR) is 76.6 cm³/mol. The van der Waals surface area contributed by atoms with Gasteiger partial charge >= 0.3 is 0 Å². The second kappa shape index (κ2) is 4.81. The van der Waals surface area contributed by atoms with Crippen LogP contribution in [0.25, 0.3) is 0 Å². The molecule has 17 heavy (non-hydrogen) atoms. The fourth-order valence-corrected chi connectivity index (χ4v) is 3.91. The van der Waals surface area contributed by atoms with Crippen LogP contribution in [0, 0.1) is 17.8 Å². The highest BCUT2D eigenvalue weighted by Gasteiger charge is 2.38. The molecule has 2 aliphatic carbocycles. The minimum atomic E-state index is 0.781. The van der Waals surface area contributed by atoms with Gasteiger partial charge in [-0.25, -0.2) is 0 Å². The summed E-state index contributed by atoms with van der Waals surface area (Å²) >= 11 is 9.50. The zero-order chi connectivity index (χ0) is 11.8. The van der Waals surface area contributed by atoms with Crippen LogP contribution in [0.2, 0.25) is 5.02 Å². The van der Waals surface area contributed by atoms with E-state index in [1.807, 2.05) is 12.1 Å². The van der Waals surface area contributed by atoms with Crippen LogP contribution < -0.4 is 5.32 Å². The maximum Gasteiger partial charge on any atom is 0.0568 e. The number of fused-ring (bicyclic) bond motifs is 2. The third kappa shape index (κ3) is 2.48. The number of rotatable bonds is 3. The second-order valence-corrected chi connectivity index (χ2v) is 6.71. The van der Waals surface area contributed by atoms with E-state index in [-0.39, 0.29) is 0 Å². The lowest BCUT2D eigenvalue weighted by Crippen LogP contribution is -2.20. The van der Waals surface area contributed by atoms with Crippen LogP contribution in [-0.2, 0) is 0 Å². The Bertz CT molecular complexity index is 421. The highest BCUT2D eigenvalue weighted by Crippen LogP contribution is 2.48. The van der Waals surface area contributed by atoms with Gasteiger partial charge in [-0.3, -0.25) is 0 Å². The van der Waals surface area contributed by atoms with Crippen molar-refractivity contribution in [2.75, 3.05) is 11.9 Å². The van der Waals surface area contributed by atoms with E-state index >= 15 is 0 Å². The van der Waals surface area contributed by atoms with Gasteiger partial charge in [0.1, 0.15) is 0 Å². The number of benzene rings is 1.